The number of nitrogens with zero attached hydrogens (tertiary/aromatic N) is 3. The Labute approximate surface area is 308 Å². The number of methoxy groups -OCH3 is 1. The highest BCUT2D eigenvalue weighted by Gasteiger charge is 2.70. The van der Waals surface area contributed by atoms with E-state index in [4.69, 9.17) is 9.47 Å². The number of unbranched alkanes of at least 4 members (excludes halogenated alkanes) is 1. The maximum Gasteiger partial charge on any atom is 0.305 e. The van der Waals surface area contributed by atoms with Crippen molar-refractivity contribution in [1.29, 1.82) is 0 Å². The van der Waals surface area contributed by atoms with E-state index in [-0.39, 0.29) is 36.6 Å². The van der Waals surface area contributed by atoms with Crippen molar-refractivity contribution in [2.24, 2.45) is 11.8 Å². The van der Waals surface area contributed by atoms with Gasteiger partial charge in [-0.05, 0) is 48.9 Å². The van der Waals surface area contributed by atoms with Crippen LogP contribution in [0.2, 0.25) is 0 Å². The van der Waals surface area contributed by atoms with Crippen molar-refractivity contribution in [2.75, 3.05) is 20.2 Å². The molecule has 1 N–H and O–H groups in total. The molecule has 5 rings (SSSR count). The molecular formula is C40H46N4O9. The summed E-state index contributed by atoms with van der Waals surface area (Å²) < 4.78 is 11.3. The number of amides is 4. The van der Waals surface area contributed by atoms with Crippen LogP contribution in [0.4, 0.5) is 0 Å². The lowest BCUT2D eigenvalue weighted by atomic mass is 9.74. The third kappa shape index (κ3) is 7.85. The van der Waals surface area contributed by atoms with Crippen LogP contribution in [0.25, 0.3) is 0 Å². The second-order valence-corrected chi connectivity index (χ2v) is 13.7. The summed E-state index contributed by atoms with van der Waals surface area (Å²) in [5.74, 6) is -4.69. The summed E-state index contributed by atoms with van der Waals surface area (Å²) >= 11 is 0. The molecule has 6 atom stereocenters. The van der Waals surface area contributed by atoms with Crippen LogP contribution in [0.1, 0.15) is 84.3 Å². The Morgan fingerprint density at radius 3 is 2.08 bits per heavy atom. The van der Waals surface area contributed by atoms with Gasteiger partial charge in [0.15, 0.2) is 0 Å². The summed E-state index contributed by atoms with van der Waals surface area (Å²) in [5, 5.41) is 16.4. The molecule has 2 aliphatic heterocycles. The van der Waals surface area contributed by atoms with E-state index >= 15 is 0 Å². The minimum absolute atomic E-state index is 0.0982. The SMILES string of the molecule is CC[C@H](C)[C@H](OCc1ccccc1)[C@H]1[C@H]([N+](=O)[O-])[C@H](c2ccccc2)N(C(=O)CN2C(=O)c3ccccc3C2=O)[C@]1(C)C(=O)NCCCCC(=O)OC. The summed E-state index contributed by atoms with van der Waals surface area (Å²) in [6.45, 7) is 4.81. The van der Waals surface area contributed by atoms with Crippen molar-refractivity contribution < 1.29 is 38.4 Å². The number of nitrogens with one attached hydrogen (secondary N) is 1. The van der Waals surface area contributed by atoms with Gasteiger partial charge in [0.25, 0.3) is 11.8 Å². The molecule has 0 saturated carbocycles. The molecule has 2 aliphatic rings. The van der Waals surface area contributed by atoms with Crippen LogP contribution in [0.5, 0.6) is 0 Å². The topological polar surface area (TPSA) is 165 Å². The third-order valence-electron chi connectivity index (χ3n) is 10.6. The van der Waals surface area contributed by atoms with Crippen molar-refractivity contribution in [3.05, 3.63) is 117 Å². The molecule has 2 heterocycles. The van der Waals surface area contributed by atoms with E-state index in [0.29, 0.717) is 24.8 Å². The maximum atomic E-state index is 14.9. The monoisotopic (exact) mass is 726 g/mol. The van der Waals surface area contributed by atoms with Gasteiger partial charge in [-0.25, -0.2) is 0 Å². The minimum Gasteiger partial charge on any atom is -0.469 e. The Balaban J connectivity index is 1.62. The van der Waals surface area contributed by atoms with Gasteiger partial charge in [0.1, 0.15) is 18.1 Å². The number of ether oxygens (including phenoxy) is 2. The predicted molar refractivity (Wildman–Crippen MR) is 194 cm³/mol. The van der Waals surface area contributed by atoms with Crippen molar-refractivity contribution in [3.8, 4) is 0 Å². The highest BCUT2D eigenvalue weighted by molar-refractivity contribution is 6.22. The first-order valence-corrected chi connectivity index (χ1v) is 17.9. The van der Waals surface area contributed by atoms with Gasteiger partial charge in [0.2, 0.25) is 17.9 Å². The van der Waals surface area contributed by atoms with Gasteiger partial charge in [0, 0.05) is 17.9 Å². The van der Waals surface area contributed by atoms with Crippen LogP contribution in [0.3, 0.4) is 0 Å². The molecule has 13 heteroatoms. The van der Waals surface area contributed by atoms with Crippen molar-refractivity contribution >= 4 is 29.6 Å². The largest absolute Gasteiger partial charge is 0.469 e. The van der Waals surface area contributed by atoms with E-state index in [1.807, 2.05) is 44.2 Å². The number of carbonyl (C=O) groups excluding carboxylic acids is 5. The van der Waals surface area contributed by atoms with Crippen LogP contribution in [0.15, 0.2) is 84.9 Å². The third-order valence-corrected chi connectivity index (χ3v) is 10.6. The number of carbonyl (C=O) groups is 5. The van der Waals surface area contributed by atoms with E-state index in [9.17, 15) is 34.1 Å². The second kappa shape index (κ2) is 16.9. The molecule has 13 nitrogen and oxygen atoms in total. The van der Waals surface area contributed by atoms with Gasteiger partial charge in [-0.3, -0.25) is 39.0 Å². The van der Waals surface area contributed by atoms with Crippen molar-refractivity contribution in [2.45, 2.75) is 76.8 Å². The van der Waals surface area contributed by atoms with Crippen LogP contribution < -0.4 is 5.32 Å². The molecule has 0 aromatic heterocycles. The minimum atomic E-state index is -1.92. The molecule has 0 radical (unpaired) electrons. The average molecular weight is 727 g/mol. The molecule has 4 amide bonds. The van der Waals surface area contributed by atoms with Gasteiger partial charge in [-0.15, -0.1) is 0 Å². The summed E-state index contributed by atoms with van der Waals surface area (Å²) in [6.07, 6.45) is 0.596. The van der Waals surface area contributed by atoms with Crippen LogP contribution in [-0.2, 0) is 30.5 Å². The maximum absolute atomic E-state index is 14.9. The zero-order valence-corrected chi connectivity index (χ0v) is 30.4. The van der Waals surface area contributed by atoms with Crippen molar-refractivity contribution in [1.82, 2.24) is 15.1 Å². The predicted octanol–water partition coefficient (Wildman–Crippen LogP) is 4.98. The molecule has 1 saturated heterocycles. The quantitative estimate of drug-likeness (QED) is 0.0705. The molecule has 0 aliphatic carbocycles. The normalized spacial score (nSPS) is 21.9. The molecular weight excluding hydrogens is 680 g/mol. The van der Waals surface area contributed by atoms with E-state index in [0.717, 1.165) is 10.5 Å². The van der Waals surface area contributed by atoms with E-state index in [1.54, 1.807) is 42.5 Å². The van der Waals surface area contributed by atoms with Gasteiger partial charge in [-0.1, -0.05) is 93.1 Å². The van der Waals surface area contributed by atoms with Gasteiger partial charge >= 0.3 is 5.97 Å². The lowest BCUT2D eigenvalue weighted by Crippen LogP contribution is -2.63. The Bertz CT molecular complexity index is 1790. The van der Waals surface area contributed by atoms with Crippen LogP contribution >= 0.6 is 0 Å². The highest BCUT2D eigenvalue weighted by Crippen LogP contribution is 2.52. The van der Waals surface area contributed by atoms with E-state index < -0.39 is 70.7 Å². The zero-order chi connectivity index (χ0) is 38.3. The number of nitro groups is 1. The number of hydrogen-bond donors (Lipinski definition) is 1. The van der Waals surface area contributed by atoms with Gasteiger partial charge in [-0.2, -0.15) is 0 Å². The first kappa shape index (κ1) is 38.8. The number of rotatable bonds is 16. The second-order valence-electron chi connectivity index (χ2n) is 13.7. The molecule has 3 aromatic carbocycles. The number of esters is 1. The fraction of sp³-hybridized carbons (Fsp3) is 0.425. The number of fused-ring (bicyclic) bond motifs is 1. The molecule has 0 unspecified atom stereocenters. The first-order valence-electron chi connectivity index (χ1n) is 17.9. The summed E-state index contributed by atoms with van der Waals surface area (Å²) in [4.78, 5) is 83.4. The average Bonchev–Trinajstić information content (AvgIpc) is 3.59. The lowest BCUT2D eigenvalue weighted by molar-refractivity contribution is -0.536. The lowest BCUT2D eigenvalue weighted by Gasteiger charge is -2.42. The number of hydrogen-bond acceptors (Lipinski definition) is 9. The molecule has 0 bridgehead atoms. The number of benzene rings is 3. The van der Waals surface area contributed by atoms with Gasteiger partial charge < -0.3 is 19.7 Å². The standard InChI is InChI=1S/C40H46N4O9/c1-5-26(2)36(53-25-27-16-8-6-9-17-27)33-35(44(50)51)34(28-18-10-7-11-19-28)43(40(33,3)39(49)41-23-15-14-22-32(46)52-4)31(45)24-42-37(47)29-20-12-13-21-30(29)38(42)48/h6-13,16-21,26,33-36H,5,14-15,22-25H2,1-4H3,(H,41,49)/t26-,33+,34-,35-,36-,40-/m0/s1. The Hall–Kier alpha value is -5.43. The van der Waals surface area contributed by atoms with E-state index in [1.165, 1.54) is 31.1 Å². The van der Waals surface area contributed by atoms with Crippen molar-refractivity contribution in [3.63, 3.8) is 0 Å². The molecule has 3 aromatic rings. The fourth-order valence-corrected chi connectivity index (χ4v) is 7.66. The molecule has 280 valence electrons. The summed E-state index contributed by atoms with van der Waals surface area (Å²) in [7, 11) is 1.29. The smallest absolute Gasteiger partial charge is 0.305 e. The van der Waals surface area contributed by atoms with Gasteiger partial charge in [0.05, 0.1) is 36.9 Å². The number of likely N-dealkylation sites (tertiary alicyclic amines) is 1. The Kier molecular flexibility index (Phi) is 12.4. The molecule has 53 heavy (non-hydrogen) atoms. The van der Waals surface area contributed by atoms with Crippen LogP contribution in [-0.4, -0.2) is 82.2 Å². The zero-order valence-electron chi connectivity index (χ0n) is 30.4. The van der Waals surface area contributed by atoms with E-state index in [2.05, 4.69) is 5.32 Å². The highest BCUT2D eigenvalue weighted by atomic mass is 16.6. The fourth-order valence-electron chi connectivity index (χ4n) is 7.66. The van der Waals surface area contributed by atoms with Crippen LogP contribution in [0, 0.1) is 22.0 Å². The Morgan fingerprint density at radius 2 is 1.51 bits per heavy atom. The Morgan fingerprint density at radius 1 is 0.925 bits per heavy atom. The molecule has 1 fully saturated rings. The number of imide groups is 1. The molecule has 0 spiro atoms. The summed E-state index contributed by atoms with van der Waals surface area (Å²) in [5.41, 5.74) is -0.389. The first-order chi connectivity index (χ1) is 25.4. The summed E-state index contributed by atoms with van der Waals surface area (Å²) in [6, 6.07) is 21.2.